The third kappa shape index (κ3) is 2.42. The van der Waals surface area contributed by atoms with E-state index in [1.54, 1.807) is 0 Å². The summed E-state index contributed by atoms with van der Waals surface area (Å²) in [7, 11) is 0. The molecular weight excluding hydrogens is 396 g/mol. The van der Waals surface area contributed by atoms with E-state index in [9.17, 15) is 0 Å². The highest BCUT2D eigenvalue weighted by Gasteiger charge is 2.17. The Balaban J connectivity index is 2.02. The molecule has 2 heterocycles. The van der Waals surface area contributed by atoms with Gasteiger partial charge in [0.2, 0.25) is 0 Å². The van der Waals surface area contributed by atoms with Gasteiger partial charge in [0, 0.05) is 20.8 Å². The van der Waals surface area contributed by atoms with E-state index in [0.717, 1.165) is 15.8 Å². The molecule has 0 saturated heterocycles. The number of imidazole rings is 1. The van der Waals surface area contributed by atoms with Gasteiger partial charge in [0.15, 0.2) is 0 Å². The van der Waals surface area contributed by atoms with Crippen molar-refractivity contribution in [3.63, 3.8) is 0 Å². The highest BCUT2D eigenvalue weighted by molar-refractivity contribution is 9.10. The molecule has 5 rings (SSSR count). The first-order valence-electron chi connectivity index (χ1n) is 9.10. The molecule has 0 aliphatic heterocycles. The molecule has 132 valence electrons. The Bertz CT molecular complexity index is 1340. The summed E-state index contributed by atoms with van der Waals surface area (Å²) < 4.78 is 3.40. The number of nitrogens with zero attached hydrogens (tertiary/aromatic N) is 2. The number of benzene rings is 3. The lowest BCUT2D eigenvalue weighted by molar-refractivity contribution is 1.24. The van der Waals surface area contributed by atoms with Gasteiger partial charge in [-0.2, -0.15) is 0 Å². The van der Waals surface area contributed by atoms with Gasteiger partial charge in [-0.3, -0.25) is 4.40 Å². The van der Waals surface area contributed by atoms with E-state index < -0.39 is 0 Å². The first kappa shape index (κ1) is 16.5. The molecule has 0 saturated carbocycles. The second-order valence-electron chi connectivity index (χ2n) is 7.28. The minimum absolute atomic E-state index is 1.01. The highest BCUT2D eigenvalue weighted by Crippen LogP contribution is 2.36. The molecule has 0 atom stereocenters. The van der Waals surface area contributed by atoms with Crippen LogP contribution in [0.5, 0.6) is 0 Å². The Kier molecular flexibility index (Phi) is 3.63. The summed E-state index contributed by atoms with van der Waals surface area (Å²) in [5.74, 6) is 0. The van der Waals surface area contributed by atoms with Gasteiger partial charge in [-0.25, -0.2) is 4.98 Å². The van der Waals surface area contributed by atoms with Crippen LogP contribution in [0.2, 0.25) is 0 Å². The van der Waals surface area contributed by atoms with Crippen LogP contribution in [0.1, 0.15) is 16.7 Å². The fourth-order valence-electron chi connectivity index (χ4n) is 4.38. The molecule has 3 aromatic carbocycles. The van der Waals surface area contributed by atoms with Crippen molar-refractivity contribution in [2.24, 2.45) is 0 Å². The molecule has 0 radical (unpaired) electrons. The Hall–Kier alpha value is -2.65. The monoisotopic (exact) mass is 414 g/mol. The topological polar surface area (TPSA) is 17.3 Å². The van der Waals surface area contributed by atoms with E-state index in [-0.39, 0.29) is 0 Å². The van der Waals surface area contributed by atoms with Gasteiger partial charge in [0.05, 0.1) is 17.4 Å². The van der Waals surface area contributed by atoms with E-state index in [1.165, 1.54) is 43.9 Å². The maximum Gasteiger partial charge on any atom is 0.145 e. The standard InChI is InChI=1S/C24H19BrN2/c1-14-10-15(2)23(16(3)11-14)22-13-26-24-19-7-5-4-6-18(19)20-12-17(25)8-9-21(20)27(22)24/h4-13H,1-3H3. The normalized spacial score (nSPS) is 11.7. The van der Waals surface area contributed by atoms with Crippen LogP contribution in [0.25, 0.3) is 38.6 Å². The number of aryl methyl sites for hydroxylation is 3. The van der Waals surface area contributed by atoms with E-state index in [4.69, 9.17) is 4.98 Å². The Labute approximate surface area is 166 Å². The van der Waals surface area contributed by atoms with Gasteiger partial charge in [0.1, 0.15) is 5.65 Å². The second kappa shape index (κ2) is 5.93. The van der Waals surface area contributed by atoms with Crippen LogP contribution >= 0.6 is 15.9 Å². The molecule has 0 aliphatic rings. The number of aromatic nitrogens is 2. The summed E-state index contributed by atoms with van der Waals surface area (Å²) in [5, 5.41) is 3.64. The van der Waals surface area contributed by atoms with Gasteiger partial charge >= 0.3 is 0 Å². The first-order chi connectivity index (χ1) is 13.0. The number of halogens is 1. The lowest BCUT2D eigenvalue weighted by Gasteiger charge is -2.14. The summed E-state index contributed by atoms with van der Waals surface area (Å²) in [6, 6.07) is 19.5. The molecule has 2 nitrogen and oxygen atoms in total. The molecule has 0 spiro atoms. The Morgan fingerprint density at radius 1 is 0.815 bits per heavy atom. The van der Waals surface area contributed by atoms with Gasteiger partial charge in [-0.05, 0) is 55.5 Å². The molecule has 0 N–H and O–H groups in total. The maximum absolute atomic E-state index is 4.85. The van der Waals surface area contributed by atoms with Crippen molar-refractivity contribution in [1.29, 1.82) is 0 Å². The quantitative estimate of drug-likeness (QED) is 0.270. The van der Waals surface area contributed by atoms with Crippen LogP contribution in [0, 0.1) is 20.8 Å². The fourth-order valence-corrected chi connectivity index (χ4v) is 4.74. The van der Waals surface area contributed by atoms with Crippen molar-refractivity contribution in [2.75, 3.05) is 0 Å². The smallest absolute Gasteiger partial charge is 0.145 e. The van der Waals surface area contributed by atoms with Crippen molar-refractivity contribution in [2.45, 2.75) is 20.8 Å². The summed E-state index contributed by atoms with van der Waals surface area (Å²) in [6.07, 6.45) is 2.02. The average Bonchev–Trinajstić information content (AvgIpc) is 3.06. The van der Waals surface area contributed by atoms with Crippen molar-refractivity contribution >= 4 is 43.3 Å². The van der Waals surface area contributed by atoms with Crippen molar-refractivity contribution in [3.05, 3.63) is 82.0 Å². The summed E-state index contributed by atoms with van der Waals surface area (Å²) in [4.78, 5) is 4.85. The molecule has 3 heteroatoms. The molecule has 2 aromatic heterocycles. The van der Waals surface area contributed by atoms with Gasteiger partial charge in [0.25, 0.3) is 0 Å². The van der Waals surface area contributed by atoms with E-state index in [1.807, 2.05) is 6.20 Å². The first-order valence-corrected chi connectivity index (χ1v) is 9.89. The van der Waals surface area contributed by atoms with Crippen LogP contribution in [0.3, 0.4) is 0 Å². The molecule has 0 unspecified atom stereocenters. The highest BCUT2D eigenvalue weighted by atomic mass is 79.9. The molecule has 0 amide bonds. The predicted molar refractivity (Wildman–Crippen MR) is 118 cm³/mol. The number of fused-ring (bicyclic) bond motifs is 6. The lowest BCUT2D eigenvalue weighted by Crippen LogP contribution is -1.97. The number of pyridine rings is 1. The van der Waals surface area contributed by atoms with Crippen molar-refractivity contribution in [3.8, 4) is 11.3 Å². The van der Waals surface area contributed by atoms with Gasteiger partial charge in [-0.1, -0.05) is 57.9 Å². The number of rotatable bonds is 1. The minimum Gasteiger partial charge on any atom is -0.292 e. The zero-order chi connectivity index (χ0) is 18.7. The van der Waals surface area contributed by atoms with E-state index in [0.29, 0.717) is 0 Å². The van der Waals surface area contributed by atoms with Crippen LogP contribution in [0.4, 0.5) is 0 Å². The van der Waals surface area contributed by atoms with Crippen LogP contribution in [0.15, 0.2) is 65.3 Å². The Morgan fingerprint density at radius 2 is 1.52 bits per heavy atom. The number of hydrogen-bond acceptors (Lipinski definition) is 1. The molecule has 0 fully saturated rings. The minimum atomic E-state index is 1.01. The lowest BCUT2D eigenvalue weighted by atomic mass is 9.97. The summed E-state index contributed by atoms with van der Waals surface area (Å²) >= 11 is 3.64. The summed E-state index contributed by atoms with van der Waals surface area (Å²) in [6.45, 7) is 6.53. The van der Waals surface area contributed by atoms with E-state index >= 15 is 0 Å². The number of hydrogen-bond donors (Lipinski definition) is 0. The molecule has 27 heavy (non-hydrogen) atoms. The van der Waals surface area contributed by atoms with Crippen LogP contribution < -0.4 is 0 Å². The Morgan fingerprint density at radius 3 is 2.26 bits per heavy atom. The third-order valence-electron chi connectivity index (χ3n) is 5.35. The molecular formula is C24H19BrN2. The van der Waals surface area contributed by atoms with E-state index in [2.05, 4.69) is 95.7 Å². The van der Waals surface area contributed by atoms with Gasteiger partial charge < -0.3 is 0 Å². The van der Waals surface area contributed by atoms with Gasteiger partial charge in [-0.15, -0.1) is 0 Å². The van der Waals surface area contributed by atoms with Crippen LogP contribution in [-0.2, 0) is 0 Å². The molecule has 5 aromatic rings. The fraction of sp³-hybridized carbons (Fsp3) is 0.125. The molecule has 0 aliphatic carbocycles. The zero-order valence-corrected chi connectivity index (χ0v) is 17.1. The van der Waals surface area contributed by atoms with Crippen LogP contribution in [-0.4, -0.2) is 9.38 Å². The SMILES string of the molecule is Cc1cc(C)c(-c2cnc3c4ccccc4c4cc(Br)ccc4n23)c(C)c1. The largest absolute Gasteiger partial charge is 0.292 e. The maximum atomic E-state index is 4.85. The van der Waals surface area contributed by atoms with Crippen molar-refractivity contribution in [1.82, 2.24) is 9.38 Å². The molecule has 0 bridgehead atoms. The second-order valence-corrected chi connectivity index (χ2v) is 8.20. The van der Waals surface area contributed by atoms with Crippen molar-refractivity contribution < 1.29 is 0 Å². The zero-order valence-electron chi connectivity index (χ0n) is 15.5. The average molecular weight is 415 g/mol. The third-order valence-corrected chi connectivity index (χ3v) is 5.85. The predicted octanol–water partition coefficient (Wildman–Crippen LogP) is 7.00. The summed E-state index contributed by atoms with van der Waals surface area (Å²) in [5.41, 5.74) is 8.47.